The molecule has 184 valence electrons. The molecule has 4 rings (SSSR count). The van der Waals surface area contributed by atoms with E-state index in [4.69, 9.17) is 9.47 Å². The highest BCUT2D eigenvalue weighted by atomic mass is 19.4. The first-order valence-corrected chi connectivity index (χ1v) is 11.4. The van der Waals surface area contributed by atoms with E-state index in [9.17, 15) is 23.2 Å². The Balaban J connectivity index is 1.52. The number of ether oxygens (including phenoxy) is 2. The number of para-hydroxylation sites is 1. The number of halogens is 3. The van der Waals surface area contributed by atoms with E-state index in [2.05, 4.69) is 0 Å². The Morgan fingerprint density at radius 1 is 0.972 bits per heavy atom. The predicted molar refractivity (Wildman–Crippen MR) is 129 cm³/mol. The molecule has 0 saturated heterocycles. The third-order valence-corrected chi connectivity index (χ3v) is 6.39. The fourth-order valence-electron chi connectivity index (χ4n) is 4.31. The SMILES string of the molecule is CC1(C)C(/C=C(/c2ccccc2)C(F)(F)F)C1C(=O)OC(C#N)c1cccc(Oc2ccccc2)c1. The summed E-state index contributed by atoms with van der Waals surface area (Å²) in [4.78, 5) is 13.0. The Morgan fingerprint density at radius 2 is 1.58 bits per heavy atom. The van der Waals surface area contributed by atoms with Crippen molar-refractivity contribution < 1.29 is 27.4 Å². The zero-order valence-corrected chi connectivity index (χ0v) is 19.7. The van der Waals surface area contributed by atoms with Gasteiger partial charge in [0.2, 0.25) is 6.10 Å². The molecule has 0 amide bonds. The molecule has 0 aliphatic heterocycles. The summed E-state index contributed by atoms with van der Waals surface area (Å²) in [6.07, 6.45) is -4.70. The monoisotopic (exact) mass is 491 g/mol. The van der Waals surface area contributed by atoms with Crippen LogP contribution >= 0.6 is 0 Å². The van der Waals surface area contributed by atoms with Crippen LogP contribution in [0, 0.1) is 28.6 Å². The van der Waals surface area contributed by atoms with Crippen molar-refractivity contribution in [3.05, 3.63) is 102 Å². The average Bonchev–Trinajstić information content (AvgIpc) is 3.41. The Bertz CT molecular complexity index is 1290. The number of rotatable bonds is 7. The molecular formula is C29H24F3NO3. The molecular weight excluding hydrogens is 467 g/mol. The molecule has 0 radical (unpaired) electrons. The minimum Gasteiger partial charge on any atom is -0.457 e. The molecule has 7 heteroatoms. The fraction of sp³-hybridized carbons (Fsp3) is 0.241. The van der Waals surface area contributed by atoms with Gasteiger partial charge >= 0.3 is 12.1 Å². The number of hydrogen-bond donors (Lipinski definition) is 0. The van der Waals surface area contributed by atoms with Crippen LogP contribution in [0.25, 0.3) is 5.57 Å². The van der Waals surface area contributed by atoms with Crippen molar-refractivity contribution in [1.29, 1.82) is 5.26 Å². The van der Waals surface area contributed by atoms with Crippen molar-refractivity contribution in [2.24, 2.45) is 17.3 Å². The lowest BCUT2D eigenvalue weighted by atomic mass is 10.0. The van der Waals surface area contributed by atoms with Crippen molar-refractivity contribution >= 4 is 11.5 Å². The lowest BCUT2D eigenvalue weighted by Crippen LogP contribution is -2.15. The lowest BCUT2D eigenvalue weighted by molar-refractivity contribution is -0.149. The standard InChI is InChI=1S/C29H24F3NO3/c1-28(2)24(17-23(29(30,31)32)19-10-5-3-6-11-19)26(28)27(34)36-25(18-33)20-12-9-15-22(16-20)35-21-13-7-4-8-14-21/h3-17,24-26H,1-2H3/b23-17-. The molecule has 36 heavy (non-hydrogen) atoms. The normalized spacial score (nSPS) is 19.6. The molecule has 0 spiro atoms. The molecule has 3 unspecified atom stereocenters. The topological polar surface area (TPSA) is 59.3 Å². The summed E-state index contributed by atoms with van der Waals surface area (Å²) in [7, 11) is 0. The average molecular weight is 492 g/mol. The van der Waals surface area contributed by atoms with Gasteiger partial charge in [-0.1, -0.05) is 80.6 Å². The number of carbonyl (C=O) groups is 1. The maximum absolute atomic E-state index is 13.8. The minimum absolute atomic E-state index is 0.0324. The number of alkyl halides is 3. The molecule has 0 aromatic heterocycles. The van der Waals surface area contributed by atoms with Crippen LogP contribution < -0.4 is 4.74 Å². The van der Waals surface area contributed by atoms with E-state index in [1.54, 1.807) is 56.3 Å². The van der Waals surface area contributed by atoms with E-state index in [0.29, 0.717) is 17.1 Å². The van der Waals surface area contributed by atoms with E-state index in [1.165, 1.54) is 24.3 Å². The van der Waals surface area contributed by atoms with E-state index >= 15 is 0 Å². The summed E-state index contributed by atoms with van der Waals surface area (Å²) in [5.74, 6) is -1.14. The van der Waals surface area contributed by atoms with Crippen molar-refractivity contribution in [3.63, 3.8) is 0 Å². The van der Waals surface area contributed by atoms with Crippen LogP contribution in [0.2, 0.25) is 0 Å². The molecule has 1 aliphatic carbocycles. The van der Waals surface area contributed by atoms with Crippen LogP contribution in [0.4, 0.5) is 13.2 Å². The molecule has 3 aromatic rings. The van der Waals surface area contributed by atoms with Crippen LogP contribution in [0.1, 0.15) is 31.1 Å². The van der Waals surface area contributed by atoms with E-state index in [-0.39, 0.29) is 5.56 Å². The summed E-state index contributed by atoms with van der Waals surface area (Å²) >= 11 is 0. The van der Waals surface area contributed by atoms with Gasteiger partial charge in [-0.3, -0.25) is 4.79 Å². The molecule has 1 aliphatic rings. The van der Waals surface area contributed by atoms with Crippen LogP contribution in [-0.4, -0.2) is 12.1 Å². The van der Waals surface area contributed by atoms with Gasteiger partial charge in [0.15, 0.2) is 0 Å². The lowest BCUT2D eigenvalue weighted by Gasteiger charge is -2.14. The van der Waals surface area contributed by atoms with Crippen LogP contribution in [0.15, 0.2) is 91.0 Å². The summed E-state index contributed by atoms with van der Waals surface area (Å²) in [5.41, 5.74) is -1.10. The van der Waals surface area contributed by atoms with Gasteiger partial charge in [0, 0.05) is 5.56 Å². The quantitative estimate of drug-likeness (QED) is 0.321. The van der Waals surface area contributed by atoms with Crippen molar-refractivity contribution in [2.45, 2.75) is 26.1 Å². The van der Waals surface area contributed by atoms with Gasteiger partial charge in [-0.05, 0) is 41.2 Å². The number of nitriles is 1. The minimum atomic E-state index is -4.58. The Kier molecular flexibility index (Phi) is 6.89. The second-order valence-electron chi connectivity index (χ2n) is 9.20. The third-order valence-electron chi connectivity index (χ3n) is 6.39. The Hall–Kier alpha value is -4.05. The first-order chi connectivity index (χ1) is 17.1. The van der Waals surface area contributed by atoms with E-state index in [1.807, 2.05) is 24.3 Å². The first kappa shape index (κ1) is 25.1. The van der Waals surface area contributed by atoms with Gasteiger partial charge in [0.05, 0.1) is 11.5 Å². The molecule has 3 atom stereocenters. The summed E-state index contributed by atoms with van der Waals surface area (Å²) in [6.45, 7) is 3.43. The Morgan fingerprint density at radius 3 is 2.19 bits per heavy atom. The third kappa shape index (κ3) is 5.44. The van der Waals surface area contributed by atoms with Gasteiger partial charge in [-0.15, -0.1) is 0 Å². The molecule has 0 N–H and O–H groups in total. The number of esters is 1. The van der Waals surface area contributed by atoms with Gasteiger partial charge in [0.1, 0.15) is 17.6 Å². The first-order valence-electron chi connectivity index (χ1n) is 11.4. The maximum atomic E-state index is 13.8. The zero-order chi connectivity index (χ0) is 25.9. The smallest absolute Gasteiger partial charge is 0.416 e. The van der Waals surface area contributed by atoms with Crippen LogP contribution in [0.3, 0.4) is 0 Å². The fourth-order valence-corrected chi connectivity index (χ4v) is 4.31. The highest BCUT2D eigenvalue weighted by Gasteiger charge is 2.62. The van der Waals surface area contributed by atoms with Crippen molar-refractivity contribution in [2.75, 3.05) is 0 Å². The number of carbonyl (C=O) groups excluding carboxylic acids is 1. The Labute approximate surface area is 207 Å². The molecule has 4 nitrogen and oxygen atoms in total. The number of allylic oxidation sites excluding steroid dienone is 2. The molecule has 0 heterocycles. The summed E-state index contributed by atoms with van der Waals surface area (Å²) < 4.78 is 52.7. The van der Waals surface area contributed by atoms with Gasteiger partial charge in [-0.25, -0.2) is 0 Å². The number of hydrogen-bond acceptors (Lipinski definition) is 4. The second kappa shape index (κ2) is 9.90. The number of benzene rings is 3. The van der Waals surface area contributed by atoms with Crippen molar-refractivity contribution in [3.8, 4) is 17.6 Å². The van der Waals surface area contributed by atoms with E-state index < -0.39 is 41.1 Å². The maximum Gasteiger partial charge on any atom is 0.416 e. The highest BCUT2D eigenvalue weighted by molar-refractivity contribution is 5.80. The molecule has 1 saturated carbocycles. The second-order valence-corrected chi connectivity index (χ2v) is 9.20. The van der Waals surface area contributed by atoms with Crippen LogP contribution in [0.5, 0.6) is 11.5 Å². The zero-order valence-electron chi connectivity index (χ0n) is 19.7. The summed E-state index contributed by atoms with van der Waals surface area (Å²) in [6, 6.07) is 25.1. The molecule has 3 aromatic carbocycles. The largest absolute Gasteiger partial charge is 0.457 e. The highest BCUT2D eigenvalue weighted by Crippen LogP contribution is 2.61. The van der Waals surface area contributed by atoms with E-state index in [0.717, 1.165) is 6.08 Å². The predicted octanol–water partition coefficient (Wildman–Crippen LogP) is 7.50. The summed E-state index contributed by atoms with van der Waals surface area (Å²) in [5, 5.41) is 9.68. The molecule has 0 bridgehead atoms. The van der Waals surface area contributed by atoms with Crippen molar-refractivity contribution in [1.82, 2.24) is 0 Å². The van der Waals surface area contributed by atoms with Gasteiger partial charge in [0.25, 0.3) is 0 Å². The number of nitrogens with zero attached hydrogens (tertiary/aromatic N) is 1. The van der Waals surface area contributed by atoms with Gasteiger partial charge in [-0.2, -0.15) is 18.4 Å². The van der Waals surface area contributed by atoms with Gasteiger partial charge < -0.3 is 9.47 Å². The molecule has 1 fully saturated rings. The van der Waals surface area contributed by atoms with Crippen LogP contribution in [-0.2, 0) is 9.53 Å².